The minimum absolute atomic E-state index is 0.248. The molecule has 64 valence electrons. The molecule has 1 fully saturated rings. The first kappa shape index (κ1) is 7.82. The molecule has 2 rings (SSSR count). The topological polar surface area (TPSA) is 44.0 Å². The first-order valence-corrected chi connectivity index (χ1v) is 4.53. The number of allylic oxidation sites excluding steroid dienone is 2. The maximum Gasteiger partial charge on any atom is 0.0625 e. The monoisotopic (exact) mass is 163 g/mol. The van der Waals surface area contributed by atoms with E-state index in [9.17, 15) is 0 Å². The van der Waals surface area contributed by atoms with Crippen molar-refractivity contribution in [2.45, 2.75) is 12.8 Å². The maximum atomic E-state index is 9.14. The van der Waals surface area contributed by atoms with Crippen molar-refractivity contribution in [3.63, 3.8) is 0 Å². The zero-order valence-electron chi connectivity index (χ0n) is 6.98. The van der Waals surface area contributed by atoms with Crippen molar-refractivity contribution in [3.05, 3.63) is 12.2 Å². The van der Waals surface area contributed by atoms with Crippen LogP contribution in [-0.4, -0.2) is 11.7 Å². The van der Waals surface area contributed by atoms with Crippen LogP contribution in [0.4, 0.5) is 0 Å². The van der Waals surface area contributed by atoms with Crippen LogP contribution in [0.15, 0.2) is 12.2 Å². The molecule has 2 bridgehead atoms. The van der Waals surface area contributed by atoms with Gasteiger partial charge < -0.3 is 5.11 Å². The van der Waals surface area contributed by atoms with Crippen molar-refractivity contribution in [3.8, 4) is 6.07 Å². The van der Waals surface area contributed by atoms with Crippen molar-refractivity contribution in [1.82, 2.24) is 0 Å². The molecule has 2 aliphatic carbocycles. The summed E-state index contributed by atoms with van der Waals surface area (Å²) in [6.45, 7) is 0.248. The lowest BCUT2D eigenvalue weighted by Crippen LogP contribution is -2.22. The molecule has 0 aromatic rings. The van der Waals surface area contributed by atoms with Crippen LogP contribution >= 0.6 is 0 Å². The Morgan fingerprint density at radius 3 is 2.58 bits per heavy atom. The fraction of sp³-hybridized carbons (Fsp3) is 0.700. The third-order valence-corrected chi connectivity index (χ3v) is 3.34. The number of nitrogens with zero attached hydrogens (tertiary/aromatic N) is 1. The van der Waals surface area contributed by atoms with E-state index in [1.54, 1.807) is 0 Å². The van der Waals surface area contributed by atoms with Crippen molar-refractivity contribution >= 4 is 0 Å². The molecule has 4 atom stereocenters. The minimum atomic E-state index is 0.248. The van der Waals surface area contributed by atoms with Crippen LogP contribution < -0.4 is 0 Å². The molecule has 2 heteroatoms. The van der Waals surface area contributed by atoms with Crippen molar-refractivity contribution in [1.29, 1.82) is 5.26 Å². The van der Waals surface area contributed by atoms with Crippen LogP contribution in [0.5, 0.6) is 0 Å². The highest BCUT2D eigenvalue weighted by Crippen LogP contribution is 2.48. The van der Waals surface area contributed by atoms with Gasteiger partial charge in [-0.25, -0.2) is 0 Å². The number of hydrogen-bond donors (Lipinski definition) is 1. The lowest BCUT2D eigenvalue weighted by molar-refractivity contribution is 0.165. The van der Waals surface area contributed by atoms with E-state index in [4.69, 9.17) is 10.4 Å². The molecule has 0 unspecified atom stereocenters. The van der Waals surface area contributed by atoms with E-state index in [2.05, 4.69) is 18.2 Å². The lowest BCUT2D eigenvalue weighted by Gasteiger charge is -2.23. The van der Waals surface area contributed by atoms with E-state index >= 15 is 0 Å². The van der Waals surface area contributed by atoms with E-state index < -0.39 is 0 Å². The van der Waals surface area contributed by atoms with Crippen LogP contribution in [-0.2, 0) is 0 Å². The highest BCUT2D eigenvalue weighted by molar-refractivity contribution is 5.14. The van der Waals surface area contributed by atoms with Gasteiger partial charge >= 0.3 is 0 Å². The molecule has 2 nitrogen and oxygen atoms in total. The number of aliphatic hydroxyl groups is 1. The number of hydrogen-bond acceptors (Lipinski definition) is 2. The first-order valence-electron chi connectivity index (χ1n) is 4.53. The Morgan fingerprint density at radius 1 is 1.33 bits per heavy atom. The third kappa shape index (κ3) is 0.971. The molecule has 0 aromatic carbocycles. The summed E-state index contributed by atoms with van der Waals surface area (Å²) in [6.07, 6.45) is 6.20. The van der Waals surface area contributed by atoms with Gasteiger partial charge in [-0.15, -0.1) is 0 Å². The molecule has 0 aliphatic heterocycles. The second kappa shape index (κ2) is 2.91. The normalized spacial score (nSPS) is 43.3. The molecule has 1 N–H and O–H groups in total. The average molecular weight is 163 g/mol. The summed E-state index contributed by atoms with van der Waals surface area (Å²) >= 11 is 0. The maximum absolute atomic E-state index is 9.14. The largest absolute Gasteiger partial charge is 0.396 e. The SMILES string of the molecule is N#CC[C@@H]1[C@H](CO)[C@@H]2C=C[C@H]1C2. The highest BCUT2D eigenvalue weighted by atomic mass is 16.3. The zero-order chi connectivity index (χ0) is 8.55. The summed E-state index contributed by atoms with van der Waals surface area (Å²) in [4.78, 5) is 0. The van der Waals surface area contributed by atoms with Gasteiger partial charge in [0.15, 0.2) is 0 Å². The first-order chi connectivity index (χ1) is 5.86. The molecule has 0 spiro atoms. The average Bonchev–Trinajstić information content (AvgIpc) is 2.64. The van der Waals surface area contributed by atoms with E-state index in [0.29, 0.717) is 30.1 Å². The molecule has 0 radical (unpaired) electrons. The Kier molecular flexibility index (Phi) is 1.90. The quantitative estimate of drug-likeness (QED) is 0.624. The summed E-state index contributed by atoms with van der Waals surface area (Å²) in [5, 5.41) is 17.8. The highest BCUT2D eigenvalue weighted by Gasteiger charge is 2.43. The summed E-state index contributed by atoms with van der Waals surface area (Å²) in [6, 6.07) is 2.21. The Hall–Kier alpha value is -0.810. The van der Waals surface area contributed by atoms with Crippen molar-refractivity contribution in [2.75, 3.05) is 6.61 Å². The predicted molar refractivity (Wildman–Crippen MR) is 45.0 cm³/mol. The van der Waals surface area contributed by atoms with Gasteiger partial charge in [-0.05, 0) is 30.1 Å². The van der Waals surface area contributed by atoms with Gasteiger partial charge in [0.05, 0.1) is 6.07 Å². The second-order valence-corrected chi connectivity index (χ2v) is 3.82. The summed E-state index contributed by atoms with van der Waals surface area (Å²) in [7, 11) is 0. The number of rotatable bonds is 2. The fourth-order valence-electron chi connectivity index (χ4n) is 2.71. The Balaban J connectivity index is 2.13. The molecule has 0 aromatic heterocycles. The molecule has 0 heterocycles. The summed E-state index contributed by atoms with van der Waals surface area (Å²) in [5.74, 6) is 1.92. The van der Waals surface area contributed by atoms with Gasteiger partial charge in [0.2, 0.25) is 0 Å². The Labute approximate surface area is 72.5 Å². The third-order valence-electron chi connectivity index (χ3n) is 3.34. The van der Waals surface area contributed by atoms with Crippen LogP contribution in [0.3, 0.4) is 0 Å². The van der Waals surface area contributed by atoms with E-state index in [0.717, 1.165) is 6.42 Å². The Morgan fingerprint density at radius 2 is 2.00 bits per heavy atom. The van der Waals surface area contributed by atoms with Gasteiger partial charge in [-0.3, -0.25) is 0 Å². The summed E-state index contributed by atoms with van der Waals surface area (Å²) < 4.78 is 0. The molecular weight excluding hydrogens is 150 g/mol. The van der Waals surface area contributed by atoms with E-state index in [1.165, 1.54) is 0 Å². The van der Waals surface area contributed by atoms with Crippen LogP contribution in [0.25, 0.3) is 0 Å². The molecule has 12 heavy (non-hydrogen) atoms. The molecular formula is C10H13NO. The smallest absolute Gasteiger partial charge is 0.0625 e. The molecule has 0 amide bonds. The van der Waals surface area contributed by atoms with Gasteiger partial charge in [0.25, 0.3) is 0 Å². The van der Waals surface area contributed by atoms with Gasteiger partial charge in [-0.2, -0.15) is 5.26 Å². The molecule has 0 saturated heterocycles. The van der Waals surface area contributed by atoms with Crippen LogP contribution in [0.1, 0.15) is 12.8 Å². The lowest BCUT2D eigenvalue weighted by atomic mass is 9.82. The van der Waals surface area contributed by atoms with E-state index in [1.807, 2.05) is 0 Å². The number of aliphatic hydroxyl groups excluding tert-OH is 1. The van der Waals surface area contributed by atoms with Crippen LogP contribution in [0, 0.1) is 35.0 Å². The van der Waals surface area contributed by atoms with Crippen molar-refractivity contribution in [2.24, 2.45) is 23.7 Å². The molecule has 1 saturated carbocycles. The molecule has 2 aliphatic rings. The van der Waals surface area contributed by atoms with Crippen LogP contribution in [0.2, 0.25) is 0 Å². The second-order valence-electron chi connectivity index (χ2n) is 3.82. The number of fused-ring (bicyclic) bond motifs is 2. The van der Waals surface area contributed by atoms with Gasteiger partial charge in [0.1, 0.15) is 0 Å². The zero-order valence-corrected chi connectivity index (χ0v) is 6.98. The standard InChI is InChI=1S/C10H13NO/c11-4-3-9-7-1-2-8(5-7)10(9)6-12/h1-2,7-10,12H,3,5-6H2/t7-,8+,9-,10+/m0/s1. The fourth-order valence-corrected chi connectivity index (χ4v) is 2.71. The van der Waals surface area contributed by atoms with Gasteiger partial charge in [0, 0.05) is 13.0 Å². The van der Waals surface area contributed by atoms with Gasteiger partial charge in [-0.1, -0.05) is 12.2 Å². The Bertz CT molecular complexity index is 241. The predicted octanol–water partition coefficient (Wildman–Crippen LogP) is 1.33. The minimum Gasteiger partial charge on any atom is -0.396 e. The van der Waals surface area contributed by atoms with Crippen molar-refractivity contribution < 1.29 is 5.11 Å². The summed E-state index contributed by atoms with van der Waals surface area (Å²) in [5.41, 5.74) is 0. The number of nitriles is 1. The van der Waals surface area contributed by atoms with E-state index in [-0.39, 0.29) is 6.61 Å².